The molecule has 0 aromatic carbocycles. The van der Waals surface area contributed by atoms with E-state index in [1.54, 1.807) is 26.8 Å². The lowest BCUT2D eigenvalue weighted by Gasteiger charge is -2.23. The largest absolute Gasteiger partial charge is 0.455 e. The summed E-state index contributed by atoms with van der Waals surface area (Å²) < 4.78 is 5.34. The molecule has 2 aromatic heterocycles. The van der Waals surface area contributed by atoms with Gasteiger partial charge in [0.1, 0.15) is 11.3 Å². The highest BCUT2D eigenvalue weighted by atomic mass is 16.6. The summed E-state index contributed by atoms with van der Waals surface area (Å²) in [5, 5.41) is 6.29. The summed E-state index contributed by atoms with van der Waals surface area (Å²) in [6.45, 7) is 5.25. The van der Waals surface area contributed by atoms with E-state index in [4.69, 9.17) is 28.3 Å². The van der Waals surface area contributed by atoms with Gasteiger partial charge in [-0.1, -0.05) is 5.11 Å². The highest BCUT2D eigenvalue weighted by Gasteiger charge is 2.25. The van der Waals surface area contributed by atoms with Gasteiger partial charge in [0.05, 0.1) is 35.9 Å². The molecule has 22 heavy (non-hydrogen) atoms. The third-order valence-electron chi connectivity index (χ3n) is 2.54. The van der Waals surface area contributed by atoms with Gasteiger partial charge in [-0.3, -0.25) is 0 Å². The molecular weight excluding hydrogens is 277 g/mol. The number of hydrogen-bond acceptors (Lipinski definition) is 5. The fraction of sp³-hybridized carbons (Fsp3) is 0.385. The molecule has 6 nitrogen and oxygen atoms in total. The first-order chi connectivity index (χ1) is 10.1. The summed E-state index contributed by atoms with van der Waals surface area (Å²) in [5.74, 6) is -0.647. The molecule has 2 heterocycles. The molecule has 6 radical (unpaired) electrons. The Morgan fingerprint density at radius 3 is 2.23 bits per heavy atom. The minimum atomic E-state index is -1.67. The van der Waals surface area contributed by atoms with Gasteiger partial charge in [-0.15, -0.1) is 4.80 Å². The van der Waals surface area contributed by atoms with Gasteiger partial charge in [0.25, 0.3) is 0 Å². The van der Waals surface area contributed by atoms with E-state index in [1.807, 2.05) is 0 Å². The van der Waals surface area contributed by atoms with E-state index in [0.29, 0.717) is 5.69 Å². The highest BCUT2D eigenvalue weighted by Crippen LogP contribution is 2.20. The first kappa shape index (κ1) is 16.3. The number of ether oxygens (including phenoxy) is 1. The van der Waals surface area contributed by atoms with Crippen molar-refractivity contribution in [3.63, 3.8) is 0 Å². The Morgan fingerprint density at radius 1 is 1.14 bits per heavy atom. The van der Waals surface area contributed by atoms with Crippen LogP contribution in [0.5, 0.6) is 0 Å². The third kappa shape index (κ3) is 3.78. The first-order valence-corrected chi connectivity index (χ1v) is 6.56. The van der Waals surface area contributed by atoms with E-state index in [0.717, 1.165) is 0 Å². The molecule has 2 aromatic rings. The summed E-state index contributed by atoms with van der Waals surface area (Å²) in [6, 6.07) is 3.06. The average molecular weight is 290 g/mol. The van der Waals surface area contributed by atoms with Gasteiger partial charge in [-0.2, -0.15) is 10.2 Å². The third-order valence-corrected chi connectivity index (χ3v) is 2.54. The number of pyridine rings is 1. The van der Waals surface area contributed by atoms with Crippen molar-refractivity contribution in [1.29, 1.82) is 0 Å². The maximum atomic E-state index is 12.4. The molecule has 0 atom stereocenters. The Balaban J connectivity index is 2.53. The van der Waals surface area contributed by atoms with Crippen LogP contribution in [0, 0.1) is 0 Å². The second-order valence-electron chi connectivity index (χ2n) is 5.82. The van der Waals surface area contributed by atoms with Crippen LogP contribution in [0.25, 0.3) is 5.69 Å². The maximum absolute atomic E-state index is 12.4. The van der Waals surface area contributed by atoms with Gasteiger partial charge >= 0.3 is 5.97 Å². The van der Waals surface area contributed by atoms with E-state index < -0.39 is 16.7 Å². The molecule has 2 rings (SSSR count). The predicted octanol–water partition coefficient (Wildman–Crippen LogP) is 0.233. The maximum Gasteiger partial charge on any atom is 0.359 e. The van der Waals surface area contributed by atoms with Crippen molar-refractivity contribution in [2.24, 2.45) is 0 Å². The predicted molar refractivity (Wildman–Crippen MR) is 83.3 cm³/mol. The fourth-order valence-electron chi connectivity index (χ4n) is 1.67. The van der Waals surface area contributed by atoms with Crippen LogP contribution in [0.15, 0.2) is 24.5 Å². The molecule has 0 aliphatic rings. The van der Waals surface area contributed by atoms with Gasteiger partial charge < -0.3 is 4.74 Å². The second-order valence-corrected chi connectivity index (χ2v) is 5.82. The number of rotatable bonds is 3. The van der Waals surface area contributed by atoms with Crippen LogP contribution in [-0.2, 0) is 9.85 Å². The van der Waals surface area contributed by atoms with Crippen molar-refractivity contribution in [1.82, 2.24) is 20.0 Å². The summed E-state index contributed by atoms with van der Waals surface area (Å²) in [7, 11) is 16.9. The molecule has 0 saturated carbocycles. The van der Waals surface area contributed by atoms with Crippen LogP contribution in [0.2, 0.25) is 0 Å². The van der Waals surface area contributed by atoms with Gasteiger partial charge in [-0.05, 0) is 32.9 Å². The van der Waals surface area contributed by atoms with Gasteiger partial charge in [0, 0.05) is 5.69 Å². The number of esters is 1. The molecule has 0 aliphatic carbocycles. The number of carbonyl (C=O) groups excluding carboxylic acids is 1. The molecule has 0 bridgehead atoms. The second kappa shape index (κ2) is 5.63. The minimum absolute atomic E-state index is 0.0191. The zero-order valence-electron chi connectivity index (χ0n) is 12.6. The lowest BCUT2D eigenvalue weighted by molar-refractivity contribution is 0.00623. The number of hydrogen-bond donors (Lipinski definition) is 0. The zero-order valence-corrected chi connectivity index (χ0v) is 12.6. The van der Waals surface area contributed by atoms with Crippen molar-refractivity contribution in [3.05, 3.63) is 35.9 Å². The number of aromatic nitrogens is 4. The fourth-order valence-corrected chi connectivity index (χ4v) is 1.67. The van der Waals surface area contributed by atoms with E-state index in [1.165, 1.54) is 23.3 Å². The van der Waals surface area contributed by atoms with Crippen LogP contribution in [-0.4, -0.2) is 55.1 Å². The SMILES string of the molecule is [B]C([B])([B])c1ccc(-n2nccn2)c(C(=O)OC(C)(C)C)n1. The van der Waals surface area contributed by atoms with E-state index in [2.05, 4.69) is 15.2 Å². The minimum Gasteiger partial charge on any atom is -0.455 e. The normalized spacial score (nSPS) is 12.1. The van der Waals surface area contributed by atoms with Crippen LogP contribution < -0.4 is 0 Å². The highest BCUT2D eigenvalue weighted by molar-refractivity contribution is 6.58. The van der Waals surface area contributed by atoms with E-state index in [9.17, 15) is 4.79 Å². The molecule has 9 heteroatoms. The molecule has 0 unspecified atom stereocenters. The lowest BCUT2D eigenvalue weighted by Crippen LogP contribution is -2.31. The van der Waals surface area contributed by atoms with Crippen LogP contribution in [0.3, 0.4) is 0 Å². The average Bonchev–Trinajstić information content (AvgIpc) is 2.88. The molecule has 106 valence electrons. The zero-order chi connectivity index (χ0) is 16.5. The van der Waals surface area contributed by atoms with Gasteiger partial charge in [-0.25, -0.2) is 9.78 Å². The summed E-state index contributed by atoms with van der Waals surface area (Å²) in [5.41, 5.74) is -0.222. The molecule has 0 fully saturated rings. The smallest absolute Gasteiger partial charge is 0.359 e. The standard InChI is InChI=1S/C13H13B3N4O2/c1-12(2,3)22-11(21)10-8(20-17-6-7-18-20)4-5-9(19-10)13(14,15)16/h4-7H,1-3H3. The van der Waals surface area contributed by atoms with Crippen molar-refractivity contribution in [2.75, 3.05) is 0 Å². The summed E-state index contributed by atoms with van der Waals surface area (Å²) in [6.07, 6.45) is 2.96. The van der Waals surface area contributed by atoms with Crippen molar-refractivity contribution >= 4 is 29.5 Å². The van der Waals surface area contributed by atoms with Crippen molar-refractivity contribution in [2.45, 2.75) is 31.5 Å². The molecular formula is C13H13B3N4O2. The Kier molecular flexibility index (Phi) is 4.18. The molecule has 0 aliphatic heterocycles. The van der Waals surface area contributed by atoms with Crippen LogP contribution in [0.1, 0.15) is 37.0 Å². The topological polar surface area (TPSA) is 69.9 Å². The van der Waals surface area contributed by atoms with Crippen LogP contribution in [0.4, 0.5) is 0 Å². The number of carbonyl (C=O) groups is 1. The Morgan fingerprint density at radius 2 is 1.73 bits per heavy atom. The molecule has 0 N–H and O–H groups in total. The first-order valence-electron chi connectivity index (χ1n) is 6.56. The van der Waals surface area contributed by atoms with Crippen molar-refractivity contribution < 1.29 is 9.53 Å². The summed E-state index contributed by atoms with van der Waals surface area (Å²) >= 11 is 0. The van der Waals surface area contributed by atoms with Crippen molar-refractivity contribution in [3.8, 4) is 5.69 Å². The Labute approximate surface area is 132 Å². The van der Waals surface area contributed by atoms with E-state index in [-0.39, 0.29) is 11.4 Å². The molecule has 0 spiro atoms. The van der Waals surface area contributed by atoms with Crippen LogP contribution >= 0.6 is 0 Å². The summed E-state index contributed by atoms with van der Waals surface area (Å²) in [4.78, 5) is 17.8. The van der Waals surface area contributed by atoms with Gasteiger partial charge in [0.15, 0.2) is 5.69 Å². The number of nitrogens with zero attached hydrogens (tertiary/aromatic N) is 4. The quantitative estimate of drug-likeness (QED) is 0.598. The molecule has 0 saturated heterocycles. The van der Waals surface area contributed by atoms with Gasteiger partial charge in [0.2, 0.25) is 0 Å². The Hall–Kier alpha value is -2.05. The van der Waals surface area contributed by atoms with E-state index >= 15 is 0 Å². The monoisotopic (exact) mass is 290 g/mol. The lowest BCUT2D eigenvalue weighted by atomic mass is 9.41. The molecule has 0 amide bonds. The Bertz CT molecular complexity index is 676.